The van der Waals surface area contributed by atoms with Crippen LogP contribution in [0.25, 0.3) is 0 Å². The van der Waals surface area contributed by atoms with Gasteiger partial charge in [-0.25, -0.2) is 5.01 Å². The molecule has 2 heterocycles. The molecule has 0 spiro atoms. The summed E-state index contributed by atoms with van der Waals surface area (Å²) in [5.41, 5.74) is -0.133. The lowest BCUT2D eigenvalue weighted by Crippen LogP contribution is -2.53. The number of anilines is 1. The van der Waals surface area contributed by atoms with Gasteiger partial charge in [-0.3, -0.25) is 14.4 Å². The first-order valence-electron chi connectivity index (χ1n) is 8.07. The number of carbonyl (C=O) groups excluding carboxylic acids is 2. The highest BCUT2D eigenvalue weighted by Gasteiger charge is 2.40. The van der Waals surface area contributed by atoms with Crippen LogP contribution in [0.1, 0.15) is 25.7 Å². The van der Waals surface area contributed by atoms with E-state index in [1.165, 1.54) is 5.01 Å². The van der Waals surface area contributed by atoms with E-state index in [9.17, 15) is 14.4 Å². The summed E-state index contributed by atoms with van der Waals surface area (Å²) in [5.74, 6) is -1.65. The third-order valence-electron chi connectivity index (χ3n) is 4.27. The second-order valence-electron chi connectivity index (χ2n) is 6.20. The number of hydrogen-bond donors (Lipinski definition) is 2. The first-order chi connectivity index (χ1) is 12.0. The van der Waals surface area contributed by atoms with Crippen molar-refractivity contribution in [1.29, 1.82) is 0 Å². The standard InChI is InChI=1S/C17H19N3O5/c21-14-7-6-13(19-20(14)12-4-2-1-3-5-12)16(24)18-17(10-15(22)23)8-9-25-11-17/h1-5H,6-11H2,(H,18,24)(H,22,23). The Hall–Kier alpha value is -2.74. The van der Waals surface area contributed by atoms with E-state index in [4.69, 9.17) is 9.84 Å². The highest BCUT2D eigenvalue weighted by Crippen LogP contribution is 2.24. The largest absolute Gasteiger partial charge is 0.481 e. The fraction of sp³-hybridized carbons (Fsp3) is 0.412. The zero-order chi connectivity index (χ0) is 17.9. The summed E-state index contributed by atoms with van der Waals surface area (Å²) < 4.78 is 5.27. The normalized spacial score (nSPS) is 23.3. The lowest BCUT2D eigenvalue weighted by molar-refractivity contribution is -0.139. The number of nitrogens with zero attached hydrogens (tertiary/aromatic N) is 2. The van der Waals surface area contributed by atoms with Gasteiger partial charge in [0.2, 0.25) is 5.91 Å². The molecule has 1 aromatic carbocycles. The summed E-state index contributed by atoms with van der Waals surface area (Å²) >= 11 is 0. The summed E-state index contributed by atoms with van der Waals surface area (Å²) in [6.07, 6.45) is 0.606. The quantitative estimate of drug-likeness (QED) is 0.825. The van der Waals surface area contributed by atoms with Gasteiger partial charge in [-0.15, -0.1) is 0 Å². The minimum absolute atomic E-state index is 0.152. The van der Waals surface area contributed by atoms with Gasteiger partial charge in [0.25, 0.3) is 5.91 Å². The van der Waals surface area contributed by atoms with E-state index in [-0.39, 0.29) is 37.5 Å². The van der Waals surface area contributed by atoms with Gasteiger partial charge in [0.05, 0.1) is 24.3 Å². The topological polar surface area (TPSA) is 108 Å². The van der Waals surface area contributed by atoms with Crippen molar-refractivity contribution in [3.63, 3.8) is 0 Å². The van der Waals surface area contributed by atoms with Crippen molar-refractivity contribution < 1.29 is 24.2 Å². The van der Waals surface area contributed by atoms with Gasteiger partial charge < -0.3 is 15.2 Å². The fourth-order valence-corrected chi connectivity index (χ4v) is 2.98. The van der Waals surface area contributed by atoms with E-state index < -0.39 is 17.4 Å². The van der Waals surface area contributed by atoms with Crippen LogP contribution in [-0.2, 0) is 19.1 Å². The van der Waals surface area contributed by atoms with Gasteiger partial charge in [0.15, 0.2) is 0 Å². The molecule has 2 aliphatic heterocycles. The van der Waals surface area contributed by atoms with Gasteiger partial charge in [-0.1, -0.05) is 18.2 Å². The monoisotopic (exact) mass is 345 g/mol. The summed E-state index contributed by atoms with van der Waals surface area (Å²) in [6.45, 7) is 0.550. The van der Waals surface area contributed by atoms with Crippen LogP contribution in [-0.4, -0.2) is 47.4 Å². The van der Waals surface area contributed by atoms with Gasteiger partial charge in [0, 0.05) is 19.4 Å². The van der Waals surface area contributed by atoms with Crippen molar-refractivity contribution >= 4 is 29.2 Å². The molecule has 0 aromatic heterocycles. The molecule has 3 rings (SSSR count). The molecule has 0 aliphatic carbocycles. The maximum absolute atomic E-state index is 12.6. The number of ether oxygens (including phenoxy) is 1. The number of benzene rings is 1. The average Bonchev–Trinajstić information content (AvgIpc) is 3.03. The Morgan fingerprint density at radius 1 is 1.28 bits per heavy atom. The summed E-state index contributed by atoms with van der Waals surface area (Å²) in [4.78, 5) is 35.8. The highest BCUT2D eigenvalue weighted by molar-refractivity contribution is 6.40. The van der Waals surface area contributed by atoms with E-state index in [0.29, 0.717) is 18.7 Å². The number of nitrogens with one attached hydrogen (secondary N) is 1. The first kappa shape index (κ1) is 17.1. The van der Waals surface area contributed by atoms with Crippen LogP contribution in [0.4, 0.5) is 5.69 Å². The van der Waals surface area contributed by atoms with Crippen LogP contribution in [0.3, 0.4) is 0 Å². The smallest absolute Gasteiger partial charge is 0.305 e. The number of hydrazone groups is 1. The van der Waals surface area contributed by atoms with E-state index in [0.717, 1.165) is 0 Å². The number of carboxylic acid groups (broad SMARTS) is 1. The van der Waals surface area contributed by atoms with E-state index in [1.807, 2.05) is 6.07 Å². The molecule has 0 saturated carbocycles. The van der Waals surface area contributed by atoms with Crippen LogP contribution in [0.2, 0.25) is 0 Å². The van der Waals surface area contributed by atoms with Crippen molar-refractivity contribution in [2.24, 2.45) is 5.10 Å². The third-order valence-corrected chi connectivity index (χ3v) is 4.27. The number of carboxylic acids is 1. The van der Waals surface area contributed by atoms with Crippen LogP contribution >= 0.6 is 0 Å². The molecule has 2 aliphatic rings. The molecular formula is C17H19N3O5. The maximum atomic E-state index is 12.6. The Balaban J connectivity index is 1.79. The molecule has 1 aromatic rings. The van der Waals surface area contributed by atoms with Crippen molar-refractivity contribution in [2.45, 2.75) is 31.2 Å². The number of carbonyl (C=O) groups is 3. The lowest BCUT2D eigenvalue weighted by atomic mass is 9.93. The Kier molecular flexibility index (Phi) is 4.80. The second kappa shape index (κ2) is 7.02. The van der Waals surface area contributed by atoms with Crippen LogP contribution in [0.15, 0.2) is 35.4 Å². The highest BCUT2D eigenvalue weighted by atomic mass is 16.5. The molecular weight excluding hydrogens is 326 g/mol. The van der Waals surface area contributed by atoms with Gasteiger partial charge in [-0.2, -0.15) is 5.10 Å². The van der Waals surface area contributed by atoms with Crippen LogP contribution < -0.4 is 10.3 Å². The first-order valence-corrected chi connectivity index (χ1v) is 8.07. The predicted molar refractivity (Wildman–Crippen MR) is 89.2 cm³/mol. The molecule has 0 radical (unpaired) electrons. The minimum Gasteiger partial charge on any atom is -0.481 e. The number of hydrogen-bond acceptors (Lipinski definition) is 5. The Morgan fingerprint density at radius 3 is 2.68 bits per heavy atom. The molecule has 2 N–H and O–H groups in total. The Labute approximate surface area is 144 Å². The third kappa shape index (κ3) is 3.85. The Morgan fingerprint density at radius 2 is 2.04 bits per heavy atom. The van der Waals surface area contributed by atoms with E-state index in [1.54, 1.807) is 24.3 Å². The van der Waals surface area contributed by atoms with E-state index in [2.05, 4.69) is 10.4 Å². The van der Waals surface area contributed by atoms with E-state index >= 15 is 0 Å². The molecule has 132 valence electrons. The molecule has 1 fully saturated rings. The van der Waals surface area contributed by atoms with Crippen LogP contribution in [0, 0.1) is 0 Å². The molecule has 1 atom stereocenters. The SMILES string of the molecule is O=C(O)CC1(NC(=O)C2=NN(c3ccccc3)C(=O)CC2)CCOC1. The number of para-hydroxylation sites is 1. The van der Waals surface area contributed by atoms with Crippen molar-refractivity contribution in [3.05, 3.63) is 30.3 Å². The second-order valence-corrected chi connectivity index (χ2v) is 6.20. The number of rotatable bonds is 5. The number of aliphatic carboxylic acids is 1. The fourth-order valence-electron chi connectivity index (χ4n) is 2.98. The number of amides is 2. The summed E-state index contributed by atoms with van der Waals surface area (Å²) in [7, 11) is 0. The minimum atomic E-state index is -1.00. The van der Waals surface area contributed by atoms with Gasteiger partial charge >= 0.3 is 5.97 Å². The summed E-state index contributed by atoms with van der Waals surface area (Å²) in [5, 5.41) is 17.3. The predicted octanol–water partition coefficient (Wildman–Crippen LogP) is 0.919. The maximum Gasteiger partial charge on any atom is 0.305 e. The molecule has 8 heteroatoms. The van der Waals surface area contributed by atoms with Gasteiger partial charge in [0.1, 0.15) is 5.71 Å². The van der Waals surface area contributed by atoms with Crippen LogP contribution in [0.5, 0.6) is 0 Å². The molecule has 25 heavy (non-hydrogen) atoms. The molecule has 0 bridgehead atoms. The van der Waals surface area contributed by atoms with Crippen molar-refractivity contribution in [3.8, 4) is 0 Å². The van der Waals surface area contributed by atoms with Gasteiger partial charge in [-0.05, 0) is 18.6 Å². The summed E-state index contributed by atoms with van der Waals surface area (Å²) in [6, 6.07) is 8.86. The molecule has 2 amide bonds. The van der Waals surface area contributed by atoms with Crippen molar-refractivity contribution in [2.75, 3.05) is 18.2 Å². The van der Waals surface area contributed by atoms with Crippen molar-refractivity contribution in [1.82, 2.24) is 5.32 Å². The average molecular weight is 345 g/mol. The molecule has 1 unspecified atom stereocenters. The molecule has 8 nitrogen and oxygen atoms in total. The zero-order valence-corrected chi connectivity index (χ0v) is 13.6. The molecule has 1 saturated heterocycles. The lowest BCUT2D eigenvalue weighted by Gasteiger charge is -2.29. The Bertz CT molecular complexity index is 710. The zero-order valence-electron chi connectivity index (χ0n) is 13.6.